The quantitative estimate of drug-likeness (QED) is 0.567. The summed E-state index contributed by atoms with van der Waals surface area (Å²) in [5.41, 5.74) is -0.517. The summed E-state index contributed by atoms with van der Waals surface area (Å²) in [6.07, 6.45) is -3.69. The number of hydrogen-bond donors (Lipinski definition) is 0. The molecule has 3 rings (SSSR count). The molecule has 0 unspecified atom stereocenters. The summed E-state index contributed by atoms with van der Waals surface area (Å²) in [6, 6.07) is 5.68. The molecule has 0 bridgehead atoms. The number of benzene rings is 1. The molecule has 0 radical (unpaired) electrons. The molecule has 0 amide bonds. The Balaban J connectivity index is 1.47. The predicted octanol–water partition coefficient (Wildman–Crippen LogP) is 3.75. The zero-order chi connectivity index (χ0) is 23.3. The van der Waals surface area contributed by atoms with Gasteiger partial charge in [-0.1, -0.05) is 11.6 Å². The molecular formula is C21H23ClF3N3O4. The van der Waals surface area contributed by atoms with E-state index < -0.39 is 17.7 Å². The van der Waals surface area contributed by atoms with Crippen LogP contribution in [0, 0.1) is 0 Å². The van der Waals surface area contributed by atoms with E-state index in [1.54, 1.807) is 18.2 Å². The van der Waals surface area contributed by atoms with E-state index in [0.717, 1.165) is 12.3 Å². The molecule has 1 aromatic carbocycles. The first-order valence-corrected chi connectivity index (χ1v) is 10.2. The van der Waals surface area contributed by atoms with E-state index in [-0.39, 0.29) is 11.6 Å². The van der Waals surface area contributed by atoms with Crippen LogP contribution in [0.3, 0.4) is 0 Å². The number of carbonyl (C=O) groups is 1. The smallest absolute Gasteiger partial charge is 0.417 e. The maximum atomic E-state index is 12.8. The van der Waals surface area contributed by atoms with Crippen molar-refractivity contribution in [1.29, 1.82) is 0 Å². The number of aromatic nitrogens is 1. The number of methoxy groups -OCH3 is 2. The molecule has 0 saturated carbocycles. The second-order valence-electron chi connectivity index (χ2n) is 7.06. The van der Waals surface area contributed by atoms with Crippen molar-refractivity contribution in [3.63, 3.8) is 0 Å². The minimum Gasteiger partial charge on any atom is -0.493 e. The highest BCUT2D eigenvalue weighted by molar-refractivity contribution is 6.33. The second kappa shape index (κ2) is 10.3. The molecular weight excluding hydrogens is 451 g/mol. The van der Waals surface area contributed by atoms with E-state index in [1.807, 2.05) is 4.90 Å². The van der Waals surface area contributed by atoms with Gasteiger partial charge >= 0.3 is 12.1 Å². The van der Waals surface area contributed by atoms with E-state index in [9.17, 15) is 18.0 Å². The molecule has 1 saturated heterocycles. The lowest BCUT2D eigenvalue weighted by atomic mass is 10.2. The first kappa shape index (κ1) is 23.9. The van der Waals surface area contributed by atoms with Crippen LogP contribution >= 0.6 is 11.6 Å². The molecule has 1 aliphatic heterocycles. The van der Waals surface area contributed by atoms with Crippen molar-refractivity contribution in [2.75, 3.05) is 58.5 Å². The molecule has 2 heterocycles. The van der Waals surface area contributed by atoms with Gasteiger partial charge < -0.3 is 19.1 Å². The van der Waals surface area contributed by atoms with Crippen molar-refractivity contribution < 1.29 is 32.2 Å². The molecule has 2 aromatic rings. The zero-order valence-electron chi connectivity index (χ0n) is 17.6. The summed E-state index contributed by atoms with van der Waals surface area (Å²) in [7, 11) is 3.00. The SMILES string of the molecule is COc1ccc(C(=O)OCCN2CCN(c3ncc(C(F)(F)F)cc3Cl)CC2)cc1OC. The number of alkyl halides is 3. The Bertz CT molecular complexity index is 950. The maximum Gasteiger partial charge on any atom is 0.417 e. The van der Waals surface area contributed by atoms with Crippen LogP contribution in [0.4, 0.5) is 19.0 Å². The van der Waals surface area contributed by atoms with E-state index >= 15 is 0 Å². The molecule has 0 aliphatic carbocycles. The summed E-state index contributed by atoms with van der Waals surface area (Å²) in [6.45, 7) is 3.08. The number of nitrogens with zero attached hydrogens (tertiary/aromatic N) is 3. The third-order valence-electron chi connectivity index (χ3n) is 5.08. The van der Waals surface area contributed by atoms with Crippen LogP contribution in [0.15, 0.2) is 30.5 Å². The standard InChI is InChI=1S/C21H23ClF3N3O4/c1-30-17-4-3-14(11-18(17)31-2)20(29)32-10-9-27-5-7-28(8-6-27)19-16(22)12-15(13-26-19)21(23,24)25/h3-4,11-13H,5-10H2,1-2H3. The van der Waals surface area contributed by atoms with Crippen LogP contribution in [0.25, 0.3) is 0 Å². The van der Waals surface area contributed by atoms with Crippen LogP contribution in [-0.4, -0.2) is 69.4 Å². The van der Waals surface area contributed by atoms with Crippen molar-refractivity contribution in [3.05, 3.63) is 46.6 Å². The number of ether oxygens (including phenoxy) is 3. The molecule has 11 heteroatoms. The van der Waals surface area contributed by atoms with Gasteiger partial charge in [0.1, 0.15) is 12.4 Å². The summed E-state index contributed by atoms with van der Waals surface area (Å²) in [5, 5.41) is -0.0304. The lowest BCUT2D eigenvalue weighted by molar-refractivity contribution is -0.137. The molecule has 0 N–H and O–H groups in total. The van der Waals surface area contributed by atoms with E-state index in [1.165, 1.54) is 14.2 Å². The Labute approximate surface area is 188 Å². The molecule has 1 aromatic heterocycles. The third-order valence-corrected chi connectivity index (χ3v) is 5.36. The summed E-state index contributed by atoms with van der Waals surface area (Å²) >= 11 is 6.03. The maximum absolute atomic E-state index is 12.8. The minimum atomic E-state index is -4.48. The number of hydrogen-bond acceptors (Lipinski definition) is 7. The highest BCUT2D eigenvalue weighted by Gasteiger charge is 2.32. The van der Waals surface area contributed by atoms with Gasteiger partial charge in [0.15, 0.2) is 11.5 Å². The van der Waals surface area contributed by atoms with Gasteiger partial charge in [0, 0.05) is 38.9 Å². The number of halogens is 4. The third kappa shape index (κ3) is 5.74. The van der Waals surface area contributed by atoms with Gasteiger partial charge in [0.2, 0.25) is 0 Å². The van der Waals surface area contributed by atoms with Gasteiger partial charge in [-0.15, -0.1) is 0 Å². The van der Waals surface area contributed by atoms with Crippen molar-refractivity contribution in [2.45, 2.75) is 6.18 Å². The van der Waals surface area contributed by atoms with E-state index in [4.69, 9.17) is 25.8 Å². The Morgan fingerprint density at radius 2 is 1.78 bits per heavy atom. The lowest BCUT2D eigenvalue weighted by Crippen LogP contribution is -2.47. The van der Waals surface area contributed by atoms with E-state index in [0.29, 0.717) is 55.6 Å². The average molecular weight is 474 g/mol. The fourth-order valence-corrected chi connectivity index (χ4v) is 3.60. The number of anilines is 1. The molecule has 0 atom stereocenters. The Morgan fingerprint density at radius 1 is 1.09 bits per heavy atom. The van der Waals surface area contributed by atoms with Gasteiger partial charge in [0.25, 0.3) is 0 Å². The molecule has 1 fully saturated rings. The predicted molar refractivity (Wildman–Crippen MR) is 113 cm³/mol. The van der Waals surface area contributed by atoms with Crippen molar-refractivity contribution in [2.24, 2.45) is 0 Å². The van der Waals surface area contributed by atoms with Crippen molar-refractivity contribution in [3.8, 4) is 11.5 Å². The number of esters is 1. The highest BCUT2D eigenvalue weighted by Crippen LogP contribution is 2.33. The van der Waals surface area contributed by atoms with Gasteiger partial charge in [0.05, 0.1) is 30.4 Å². The Kier molecular flexibility index (Phi) is 7.68. The number of pyridine rings is 1. The fraction of sp³-hybridized carbons (Fsp3) is 0.429. The summed E-state index contributed by atoms with van der Waals surface area (Å²) in [4.78, 5) is 20.1. The van der Waals surface area contributed by atoms with Crippen LogP contribution < -0.4 is 14.4 Å². The monoisotopic (exact) mass is 473 g/mol. The number of rotatable bonds is 7. The molecule has 32 heavy (non-hydrogen) atoms. The van der Waals surface area contributed by atoms with Crippen LogP contribution in [0.2, 0.25) is 5.02 Å². The van der Waals surface area contributed by atoms with Crippen molar-refractivity contribution >= 4 is 23.4 Å². The Morgan fingerprint density at radius 3 is 2.38 bits per heavy atom. The van der Waals surface area contributed by atoms with Crippen molar-refractivity contribution in [1.82, 2.24) is 9.88 Å². The molecule has 7 nitrogen and oxygen atoms in total. The topological polar surface area (TPSA) is 64.1 Å². The Hall–Kier alpha value is -2.72. The first-order chi connectivity index (χ1) is 15.2. The molecule has 174 valence electrons. The highest BCUT2D eigenvalue weighted by atomic mass is 35.5. The van der Waals surface area contributed by atoms with Crippen LogP contribution in [0.1, 0.15) is 15.9 Å². The number of carbonyl (C=O) groups excluding carboxylic acids is 1. The van der Waals surface area contributed by atoms with Gasteiger partial charge in [-0.05, 0) is 24.3 Å². The fourth-order valence-electron chi connectivity index (χ4n) is 3.32. The van der Waals surface area contributed by atoms with Gasteiger partial charge in [-0.25, -0.2) is 9.78 Å². The van der Waals surface area contributed by atoms with Crippen LogP contribution in [-0.2, 0) is 10.9 Å². The zero-order valence-corrected chi connectivity index (χ0v) is 18.4. The number of piperazine rings is 1. The summed E-state index contributed by atoms with van der Waals surface area (Å²) in [5.74, 6) is 0.822. The second-order valence-corrected chi connectivity index (χ2v) is 7.47. The normalized spacial score (nSPS) is 14.9. The first-order valence-electron chi connectivity index (χ1n) is 9.82. The van der Waals surface area contributed by atoms with Gasteiger partial charge in [-0.2, -0.15) is 13.2 Å². The average Bonchev–Trinajstić information content (AvgIpc) is 2.78. The van der Waals surface area contributed by atoms with Crippen LogP contribution in [0.5, 0.6) is 11.5 Å². The molecule has 1 aliphatic rings. The summed E-state index contributed by atoms with van der Waals surface area (Å²) < 4.78 is 54.0. The van der Waals surface area contributed by atoms with E-state index in [2.05, 4.69) is 9.88 Å². The minimum absolute atomic E-state index is 0.0304. The largest absolute Gasteiger partial charge is 0.493 e. The van der Waals surface area contributed by atoms with Gasteiger partial charge in [-0.3, -0.25) is 4.90 Å². The molecule has 0 spiro atoms. The lowest BCUT2D eigenvalue weighted by Gasteiger charge is -2.35.